The van der Waals surface area contributed by atoms with Gasteiger partial charge in [-0.15, -0.1) is 22.7 Å². The zero-order valence-electron chi connectivity index (χ0n) is 18.1. The van der Waals surface area contributed by atoms with E-state index >= 15 is 0 Å². The Morgan fingerprint density at radius 1 is 1.03 bits per heavy atom. The lowest BCUT2D eigenvalue weighted by molar-refractivity contribution is -0.131. The van der Waals surface area contributed by atoms with Gasteiger partial charge in [0.05, 0.1) is 22.7 Å². The van der Waals surface area contributed by atoms with Gasteiger partial charge in [-0.25, -0.2) is 4.98 Å². The molecule has 7 nitrogen and oxygen atoms in total. The molecule has 33 heavy (non-hydrogen) atoms. The Hall–Kier alpha value is -3.30. The maximum absolute atomic E-state index is 13.2. The minimum Gasteiger partial charge on any atom is -0.351 e. The number of nitrogens with zero attached hydrogens (tertiary/aromatic N) is 4. The summed E-state index contributed by atoms with van der Waals surface area (Å²) in [6.45, 7) is 3.72. The summed E-state index contributed by atoms with van der Waals surface area (Å²) < 4.78 is 5.09. The van der Waals surface area contributed by atoms with Crippen LogP contribution < -0.4 is 0 Å². The first-order valence-corrected chi connectivity index (χ1v) is 12.4. The highest BCUT2D eigenvalue weighted by atomic mass is 32.1. The first-order valence-electron chi connectivity index (χ1n) is 10.7. The van der Waals surface area contributed by atoms with Crippen LogP contribution in [0.5, 0.6) is 0 Å². The number of hydrogen-bond acceptors (Lipinski definition) is 7. The van der Waals surface area contributed by atoms with Gasteiger partial charge in [-0.3, -0.25) is 9.59 Å². The fourth-order valence-electron chi connectivity index (χ4n) is 3.81. The third-order valence-corrected chi connectivity index (χ3v) is 7.52. The summed E-state index contributed by atoms with van der Waals surface area (Å²) in [5.74, 6) is 0.113. The van der Waals surface area contributed by atoms with Gasteiger partial charge in [0.1, 0.15) is 5.01 Å². The minimum absolute atomic E-state index is 0.0543. The molecule has 1 aliphatic heterocycles. The molecule has 0 radical (unpaired) electrons. The first-order chi connectivity index (χ1) is 16.1. The zero-order chi connectivity index (χ0) is 22.8. The molecule has 1 fully saturated rings. The summed E-state index contributed by atoms with van der Waals surface area (Å²) in [6, 6.07) is 15.7. The smallest absolute Gasteiger partial charge is 0.292 e. The third kappa shape index (κ3) is 4.60. The van der Waals surface area contributed by atoms with Crippen LogP contribution in [0.25, 0.3) is 21.1 Å². The molecule has 9 heteroatoms. The average molecular weight is 479 g/mol. The van der Waals surface area contributed by atoms with Crippen molar-refractivity contribution in [2.75, 3.05) is 26.2 Å². The molecule has 0 spiro atoms. The SMILES string of the molecule is Cc1cc(C(=O)N2CCN(C(=O)Cc3sc(-c4ccccc4)nc3-c3cccs3)CC2)on1. The zero-order valence-corrected chi connectivity index (χ0v) is 19.7. The molecule has 0 bridgehead atoms. The van der Waals surface area contributed by atoms with Crippen molar-refractivity contribution >= 4 is 34.5 Å². The van der Waals surface area contributed by atoms with Crippen molar-refractivity contribution in [3.63, 3.8) is 0 Å². The maximum atomic E-state index is 13.2. The number of thiophene rings is 1. The van der Waals surface area contributed by atoms with Gasteiger partial charge in [0.2, 0.25) is 11.7 Å². The van der Waals surface area contributed by atoms with Crippen LogP contribution in [0.1, 0.15) is 21.1 Å². The fourth-order valence-corrected chi connectivity index (χ4v) is 5.69. The first kappa shape index (κ1) is 21.5. The van der Waals surface area contributed by atoms with Crippen LogP contribution in [-0.4, -0.2) is 57.9 Å². The van der Waals surface area contributed by atoms with Crippen molar-refractivity contribution in [2.45, 2.75) is 13.3 Å². The minimum atomic E-state index is -0.183. The topological polar surface area (TPSA) is 79.5 Å². The van der Waals surface area contributed by atoms with Gasteiger partial charge in [-0.2, -0.15) is 0 Å². The van der Waals surface area contributed by atoms with E-state index in [-0.39, 0.29) is 17.6 Å². The molecule has 3 aromatic heterocycles. The lowest BCUT2D eigenvalue weighted by Gasteiger charge is -2.34. The van der Waals surface area contributed by atoms with Gasteiger partial charge >= 0.3 is 0 Å². The van der Waals surface area contributed by atoms with Crippen molar-refractivity contribution in [3.05, 3.63) is 70.2 Å². The molecule has 1 aromatic carbocycles. The van der Waals surface area contributed by atoms with Crippen LogP contribution in [0, 0.1) is 6.92 Å². The lowest BCUT2D eigenvalue weighted by atomic mass is 10.2. The number of piperazine rings is 1. The number of carbonyl (C=O) groups is 2. The van der Waals surface area contributed by atoms with E-state index in [0.29, 0.717) is 38.3 Å². The Labute approximate surface area is 199 Å². The molecule has 0 saturated carbocycles. The van der Waals surface area contributed by atoms with Crippen molar-refractivity contribution < 1.29 is 14.1 Å². The highest BCUT2D eigenvalue weighted by Crippen LogP contribution is 2.36. The average Bonchev–Trinajstić information content (AvgIpc) is 3.60. The van der Waals surface area contributed by atoms with Crippen LogP contribution >= 0.6 is 22.7 Å². The van der Waals surface area contributed by atoms with Gasteiger partial charge in [0.15, 0.2) is 0 Å². The van der Waals surface area contributed by atoms with Crippen LogP contribution in [0.2, 0.25) is 0 Å². The van der Waals surface area contributed by atoms with E-state index in [2.05, 4.69) is 5.16 Å². The standard InChI is InChI=1S/C24H22N4O3S2/c1-16-14-18(31-26-16)24(30)28-11-9-27(10-12-28)21(29)15-20-22(19-8-5-13-32-19)25-23(33-20)17-6-3-2-4-7-17/h2-8,13-14H,9-12,15H2,1H3. The predicted molar refractivity (Wildman–Crippen MR) is 128 cm³/mol. The molecule has 1 saturated heterocycles. The van der Waals surface area contributed by atoms with E-state index in [1.807, 2.05) is 52.7 Å². The number of amides is 2. The Morgan fingerprint density at radius 3 is 2.45 bits per heavy atom. The van der Waals surface area contributed by atoms with Gasteiger partial charge < -0.3 is 14.3 Å². The summed E-state index contributed by atoms with van der Waals surface area (Å²) in [4.78, 5) is 36.2. The van der Waals surface area contributed by atoms with Crippen molar-refractivity contribution in [2.24, 2.45) is 0 Å². The molecule has 5 rings (SSSR count). The molecule has 1 aliphatic rings. The van der Waals surface area contributed by atoms with Crippen molar-refractivity contribution in [1.29, 1.82) is 0 Å². The van der Waals surface area contributed by atoms with Gasteiger partial charge in [-0.05, 0) is 18.4 Å². The summed E-state index contributed by atoms with van der Waals surface area (Å²) in [5, 5.41) is 6.72. The van der Waals surface area contributed by atoms with E-state index in [4.69, 9.17) is 9.51 Å². The van der Waals surface area contributed by atoms with Crippen molar-refractivity contribution in [3.8, 4) is 21.1 Å². The quantitative estimate of drug-likeness (QED) is 0.426. The van der Waals surface area contributed by atoms with Crippen LogP contribution in [0.15, 0.2) is 58.4 Å². The number of carbonyl (C=O) groups excluding carboxylic acids is 2. The number of hydrogen-bond donors (Lipinski definition) is 0. The largest absolute Gasteiger partial charge is 0.351 e. The third-order valence-electron chi connectivity index (χ3n) is 5.54. The second kappa shape index (κ2) is 9.29. The molecular weight excluding hydrogens is 456 g/mol. The predicted octanol–water partition coefficient (Wildman–Crippen LogP) is 4.36. The molecule has 2 amide bonds. The lowest BCUT2D eigenvalue weighted by Crippen LogP contribution is -2.50. The summed E-state index contributed by atoms with van der Waals surface area (Å²) in [7, 11) is 0. The number of thiazole rings is 1. The normalized spacial score (nSPS) is 14.0. The highest BCUT2D eigenvalue weighted by Gasteiger charge is 2.28. The molecular formula is C24H22N4O3S2. The van der Waals surface area contributed by atoms with E-state index < -0.39 is 0 Å². The molecule has 0 aliphatic carbocycles. The number of aromatic nitrogens is 2. The molecule has 168 valence electrons. The number of rotatable bonds is 5. The second-order valence-corrected chi connectivity index (χ2v) is 9.85. The van der Waals surface area contributed by atoms with Crippen molar-refractivity contribution in [1.82, 2.24) is 19.9 Å². The molecule has 0 N–H and O–H groups in total. The van der Waals surface area contributed by atoms with Gasteiger partial charge in [0, 0.05) is 42.7 Å². The van der Waals surface area contributed by atoms with Gasteiger partial charge in [0.25, 0.3) is 5.91 Å². The highest BCUT2D eigenvalue weighted by molar-refractivity contribution is 7.17. The number of benzene rings is 1. The molecule has 4 aromatic rings. The molecule has 0 atom stereocenters. The van der Waals surface area contributed by atoms with E-state index in [0.717, 1.165) is 26.0 Å². The molecule has 0 unspecified atom stereocenters. The Balaban J connectivity index is 1.29. The van der Waals surface area contributed by atoms with Crippen LogP contribution in [0.4, 0.5) is 0 Å². The summed E-state index contributed by atoms with van der Waals surface area (Å²) in [6.07, 6.45) is 0.299. The fraction of sp³-hybridized carbons (Fsp3) is 0.250. The van der Waals surface area contributed by atoms with Crippen LogP contribution in [0.3, 0.4) is 0 Å². The summed E-state index contributed by atoms with van der Waals surface area (Å²) in [5.41, 5.74) is 2.61. The second-order valence-electron chi connectivity index (χ2n) is 7.82. The Bertz CT molecular complexity index is 1260. The Morgan fingerprint density at radius 2 is 1.79 bits per heavy atom. The monoisotopic (exact) mass is 478 g/mol. The Kier molecular flexibility index (Phi) is 6.06. The van der Waals surface area contributed by atoms with E-state index in [1.165, 1.54) is 0 Å². The van der Waals surface area contributed by atoms with E-state index in [9.17, 15) is 9.59 Å². The number of aryl methyl sites for hydroxylation is 1. The molecule has 4 heterocycles. The van der Waals surface area contributed by atoms with Gasteiger partial charge in [-0.1, -0.05) is 41.6 Å². The maximum Gasteiger partial charge on any atom is 0.292 e. The summed E-state index contributed by atoms with van der Waals surface area (Å²) >= 11 is 3.20. The van der Waals surface area contributed by atoms with Crippen LogP contribution in [-0.2, 0) is 11.2 Å². The van der Waals surface area contributed by atoms with E-state index in [1.54, 1.807) is 40.6 Å².